The molecule has 6 heteroatoms. The first-order valence-corrected chi connectivity index (χ1v) is 7.41. The van der Waals surface area contributed by atoms with Crippen LogP contribution in [0.2, 0.25) is 0 Å². The largest absolute Gasteiger partial charge is 0.393 e. The van der Waals surface area contributed by atoms with Gasteiger partial charge >= 0.3 is 0 Å². The van der Waals surface area contributed by atoms with Crippen molar-refractivity contribution in [3.8, 4) is 0 Å². The standard InChI is InChI=1S/C13H20N4OS/c1-4-14-13-16-11(15-8(2)7-9(3)18)10-5-6-19-12(10)17-13/h5-6,8-9,18H,4,7H2,1-3H3,(H2,14,15,16,17). The monoisotopic (exact) mass is 280 g/mol. The topological polar surface area (TPSA) is 70.1 Å². The molecule has 0 fully saturated rings. The summed E-state index contributed by atoms with van der Waals surface area (Å²) in [6, 6.07) is 2.18. The molecular formula is C13H20N4OS. The van der Waals surface area contributed by atoms with Gasteiger partial charge in [0.1, 0.15) is 10.6 Å². The maximum atomic E-state index is 9.43. The third kappa shape index (κ3) is 3.54. The van der Waals surface area contributed by atoms with E-state index in [-0.39, 0.29) is 12.1 Å². The Morgan fingerprint density at radius 3 is 2.84 bits per heavy atom. The third-order valence-electron chi connectivity index (χ3n) is 2.74. The molecular weight excluding hydrogens is 260 g/mol. The van der Waals surface area contributed by atoms with Gasteiger partial charge in [-0.15, -0.1) is 11.3 Å². The van der Waals surface area contributed by atoms with Gasteiger partial charge in [0, 0.05) is 12.6 Å². The minimum absolute atomic E-state index is 0.160. The fraction of sp³-hybridized carbons (Fsp3) is 0.538. The Morgan fingerprint density at radius 2 is 2.16 bits per heavy atom. The van der Waals surface area contributed by atoms with Gasteiger partial charge in [-0.05, 0) is 38.6 Å². The van der Waals surface area contributed by atoms with E-state index < -0.39 is 0 Å². The van der Waals surface area contributed by atoms with E-state index in [4.69, 9.17) is 0 Å². The number of aliphatic hydroxyl groups excluding tert-OH is 1. The zero-order valence-corrected chi connectivity index (χ0v) is 12.3. The van der Waals surface area contributed by atoms with Crippen LogP contribution in [0, 0.1) is 0 Å². The molecule has 0 aromatic carbocycles. The maximum Gasteiger partial charge on any atom is 0.226 e. The zero-order valence-electron chi connectivity index (χ0n) is 11.5. The van der Waals surface area contributed by atoms with E-state index in [1.807, 2.05) is 25.3 Å². The molecule has 2 aromatic rings. The average molecular weight is 280 g/mol. The minimum atomic E-state index is -0.324. The lowest BCUT2D eigenvalue weighted by atomic mass is 10.1. The second-order valence-corrected chi connectivity index (χ2v) is 5.59. The number of aromatic nitrogens is 2. The molecule has 0 amide bonds. The average Bonchev–Trinajstić information content (AvgIpc) is 2.76. The van der Waals surface area contributed by atoms with Crippen molar-refractivity contribution >= 4 is 33.3 Å². The van der Waals surface area contributed by atoms with E-state index >= 15 is 0 Å². The molecule has 0 aliphatic carbocycles. The second kappa shape index (κ2) is 6.16. The Bertz CT molecular complexity index is 540. The first kappa shape index (κ1) is 14.0. The second-order valence-electron chi connectivity index (χ2n) is 4.70. The number of anilines is 2. The predicted molar refractivity (Wildman–Crippen MR) is 81.0 cm³/mol. The lowest BCUT2D eigenvalue weighted by Crippen LogP contribution is -2.21. The lowest BCUT2D eigenvalue weighted by Gasteiger charge is -2.17. The summed E-state index contributed by atoms with van der Waals surface area (Å²) in [5.74, 6) is 1.47. The van der Waals surface area contributed by atoms with Crippen LogP contribution in [0.15, 0.2) is 11.4 Å². The van der Waals surface area contributed by atoms with Gasteiger partial charge in [-0.3, -0.25) is 0 Å². The van der Waals surface area contributed by atoms with Crippen LogP contribution in [0.4, 0.5) is 11.8 Å². The van der Waals surface area contributed by atoms with Crippen LogP contribution in [0.1, 0.15) is 27.2 Å². The van der Waals surface area contributed by atoms with Crippen LogP contribution >= 0.6 is 11.3 Å². The van der Waals surface area contributed by atoms with E-state index in [9.17, 15) is 5.11 Å². The number of nitrogens with one attached hydrogen (secondary N) is 2. The van der Waals surface area contributed by atoms with Crippen LogP contribution in [-0.4, -0.2) is 33.8 Å². The molecule has 19 heavy (non-hydrogen) atoms. The fourth-order valence-corrected chi connectivity index (χ4v) is 2.77. The van der Waals surface area contributed by atoms with Crippen molar-refractivity contribution in [1.82, 2.24) is 9.97 Å². The number of hydrogen-bond donors (Lipinski definition) is 3. The Labute approximate surface area is 117 Å². The number of nitrogens with zero attached hydrogens (tertiary/aromatic N) is 2. The SMILES string of the molecule is CCNc1nc(NC(C)CC(C)O)c2ccsc2n1. The first-order valence-electron chi connectivity index (χ1n) is 6.53. The summed E-state index contributed by atoms with van der Waals surface area (Å²) in [6.45, 7) is 6.65. The van der Waals surface area contributed by atoms with Crippen molar-refractivity contribution in [2.24, 2.45) is 0 Å². The van der Waals surface area contributed by atoms with Crippen molar-refractivity contribution in [3.05, 3.63) is 11.4 Å². The van der Waals surface area contributed by atoms with Gasteiger partial charge in [0.15, 0.2) is 0 Å². The van der Waals surface area contributed by atoms with Crippen LogP contribution in [0.25, 0.3) is 10.2 Å². The molecule has 2 heterocycles. The minimum Gasteiger partial charge on any atom is -0.393 e. The van der Waals surface area contributed by atoms with Crippen LogP contribution in [0.5, 0.6) is 0 Å². The van der Waals surface area contributed by atoms with E-state index in [2.05, 4.69) is 20.6 Å². The molecule has 0 saturated carbocycles. The Hall–Kier alpha value is -1.40. The van der Waals surface area contributed by atoms with Gasteiger partial charge in [0.25, 0.3) is 0 Å². The van der Waals surface area contributed by atoms with Gasteiger partial charge in [-0.2, -0.15) is 4.98 Å². The van der Waals surface area contributed by atoms with Gasteiger partial charge in [-0.25, -0.2) is 4.98 Å². The molecule has 0 bridgehead atoms. The van der Waals surface area contributed by atoms with Gasteiger partial charge in [-0.1, -0.05) is 0 Å². The quantitative estimate of drug-likeness (QED) is 0.759. The highest BCUT2D eigenvalue weighted by Crippen LogP contribution is 2.27. The fourth-order valence-electron chi connectivity index (χ4n) is 2.01. The Morgan fingerprint density at radius 1 is 1.37 bits per heavy atom. The normalized spacial score (nSPS) is 14.3. The molecule has 2 aromatic heterocycles. The number of hydrogen-bond acceptors (Lipinski definition) is 6. The van der Waals surface area contributed by atoms with Gasteiger partial charge in [0.2, 0.25) is 5.95 Å². The Kier molecular flexibility index (Phi) is 4.55. The highest BCUT2D eigenvalue weighted by atomic mass is 32.1. The third-order valence-corrected chi connectivity index (χ3v) is 3.54. The summed E-state index contributed by atoms with van der Waals surface area (Å²) in [5.41, 5.74) is 0. The van der Waals surface area contributed by atoms with Crippen molar-refractivity contribution in [3.63, 3.8) is 0 Å². The maximum absolute atomic E-state index is 9.43. The molecule has 2 atom stereocenters. The van der Waals surface area contributed by atoms with Crippen molar-refractivity contribution < 1.29 is 5.11 Å². The number of thiophene rings is 1. The lowest BCUT2D eigenvalue weighted by molar-refractivity contribution is 0.179. The molecule has 0 spiro atoms. The summed E-state index contributed by atoms with van der Waals surface area (Å²) >= 11 is 1.60. The Balaban J connectivity index is 2.26. The zero-order chi connectivity index (χ0) is 13.8. The molecule has 0 radical (unpaired) electrons. The highest BCUT2D eigenvalue weighted by Gasteiger charge is 2.12. The van der Waals surface area contributed by atoms with E-state index in [0.29, 0.717) is 12.4 Å². The molecule has 3 N–H and O–H groups in total. The van der Waals surface area contributed by atoms with Crippen molar-refractivity contribution in [2.45, 2.75) is 39.3 Å². The summed E-state index contributed by atoms with van der Waals surface area (Å²) < 4.78 is 0. The van der Waals surface area contributed by atoms with E-state index in [0.717, 1.165) is 22.6 Å². The number of aliphatic hydroxyl groups is 1. The molecule has 0 saturated heterocycles. The molecule has 104 valence electrons. The van der Waals surface area contributed by atoms with Crippen LogP contribution in [0.3, 0.4) is 0 Å². The first-order chi connectivity index (χ1) is 9.10. The molecule has 5 nitrogen and oxygen atoms in total. The predicted octanol–water partition coefficient (Wildman–Crippen LogP) is 2.69. The van der Waals surface area contributed by atoms with Crippen LogP contribution in [-0.2, 0) is 0 Å². The summed E-state index contributed by atoms with van der Waals surface area (Å²) in [6.07, 6.45) is 0.363. The molecule has 0 aliphatic rings. The van der Waals surface area contributed by atoms with Crippen molar-refractivity contribution in [2.75, 3.05) is 17.2 Å². The summed E-state index contributed by atoms with van der Waals surface area (Å²) in [4.78, 5) is 9.93. The summed E-state index contributed by atoms with van der Waals surface area (Å²) in [7, 11) is 0. The van der Waals surface area contributed by atoms with Gasteiger partial charge in [0.05, 0.1) is 11.5 Å². The number of rotatable bonds is 6. The van der Waals surface area contributed by atoms with Crippen LogP contribution < -0.4 is 10.6 Å². The van der Waals surface area contributed by atoms with Gasteiger partial charge < -0.3 is 15.7 Å². The smallest absolute Gasteiger partial charge is 0.226 e. The molecule has 0 aliphatic heterocycles. The number of fused-ring (bicyclic) bond motifs is 1. The summed E-state index contributed by atoms with van der Waals surface area (Å²) in [5, 5.41) is 19.0. The molecule has 2 rings (SSSR count). The van der Waals surface area contributed by atoms with E-state index in [1.165, 1.54) is 0 Å². The molecule has 2 unspecified atom stereocenters. The van der Waals surface area contributed by atoms with Crippen molar-refractivity contribution in [1.29, 1.82) is 0 Å². The highest BCUT2D eigenvalue weighted by molar-refractivity contribution is 7.16. The van der Waals surface area contributed by atoms with E-state index in [1.54, 1.807) is 18.3 Å².